The van der Waals surface area contributed by atoms with Gasteiger partial charge in [0.2, 0.25) is 0 Å². The molecular formula is C21H25N4O2+. The number of likely N-dealkylation sites (N-methyl/N-ethyl adjacent to an activating group) is 1. The molecule has 6 nitrogen and oxygen atoms in total. The number of hydrogen-bond donors (Lipinski definition) is 3. The van der Waals surface area contributed by atoms with Crippen molar-refractivity contribution in [2.75, 3.05) is 30.8 Å². The molecule has 0 aliphatic rings. The number of amides is 2. The van der Waals surface area contributed by atoms with Crippen molar-refractivity contribution in [3.05, 3.63) is 59.2 Å². The highest BCUT2D eigenvalue weighted by molar-refractivity contribution is 5.93. The number of nitrogens with one attached hydrogen (secondary N) is 3. The Labute approximate surface area is 159 Å². The highest BCUT2D eigenvalue weighted by Gasteiger charge is 2.15. The van der Waals surface area contributed by atoms with E-state index in [1.54, 1.807) is 19.2 Å². The van der Waals surface area contributed by atoms with Crippen LogP contribution in [0.2, 0.25) is 0 Å². The first-order valence-corrected chi connectivity index (χ1v) is 8.82. The first-order chi connectivity index (χ1) is 12.9. The van der Waals surface area contributed by atoms with Crippen LogP contribution in [0.3, 0.4) is 0 Å². The van der Waals surface area contributed by atoms with Crippen LogP contribution in [-0.2, 0) is 16.0 Å². The second kappa shape index (κ2) is 9.51. The molecule has 2 rings (SSSR count). The number of anilines is 2. The topological polar surface area (TPSA) is 86.4 Å². The molecule has 2 amide bonds. The molecule has 0 heterocycles. The molecule has 0 aliphatic heterocycles. The largest absolute Gasteiger partial charge is 0.322 e. The zero-order valence-electron chi connectivity index (χ0n) is 15.9. The average molecular weight is 365 g/mol. The Morgan fingerprint density at radius 1 is 1.00 bits per heavy atom. The van der Waals surface area contributed by atoms with Gasteiger partial charge in [0.15, 0.2) is 13.1 Å². The van der Waals surface area contributed by atoms with Gasteiger partial charge in [-0.25, -0.2) is 0 Å². The molecule has 140 valence electrons. The van der Waals surface area contributed by atoms with Crippen molar-refractivity contribution in [3.8, 4) is 6.07 Å². The van der Waals surface area contributed by atoms with E-state index in [1.165, 1.54) is 0 Å². The maximum atomic E-state index is 12.2. The van der Waals surface area contributed by atoms with E-state index in [9.17, 15) is 9.59 Å². The third-order valence-electron chi connectivity index (χ3n) is 4.32. The predicted octanol–water partition coefficient (Wildman–Crippen LogP) is 1.46. The summed E-state index contributed by atoms with van der Waals surface area (Å²) in [5.74, 6) is -0.296. The molecule has 3 N–H and O–H groups in total. The number of quaternary nitrogens is 1. The van der Waals surface area contributed by atoms with Crippen molar-refractivity contribution in [2.45, 2.75) is 20.3 Å². The summed E-state index contributed by atoms with van der Waals surface area (Å²) in [4.78, 5) is 25.2. The summed E-state index contributed by atoms with van der Waals surface area (Å²) >= 11 is 0. The number of nitriles is 1. The van der Waals surface area contributed by atoms with Crippen molar-refractivity contribution in [3.63, 3.8) is 0 Å². The third kappa shape index (κ3) is 6.24. The highest BCUT2D eigenvalue weighted by Crippen LogP contribution is 2.17. The molecule has 1 atom stereocenters. The molecule has 2 aromatic carbocycles. The number of rotatable bonds is 7. The van der Waals surface area contributed by atoms with Crippen molar-refractivity contribution in [1.82, 2.24) is 0 Å². The number of aryl methyl sites for hydroxylation is 1. The molecule has 0 aromatic heterocycles. The zero-order valence-corrected chi connectivity index (χ0v) is 15.9. The molecule has 1 unspecified atom stereocenters. The zero-order chi connectivity index (χ0) is 19.8. The van der Waals surface area contributed by atoms with Crippen LogP contribution >= 0.6 is 0 Å². The Kier molecular flexibility index (Phi) is 7.09. The molecule has 0 fully saturated rings. The molecule has 0 radical (unpaired) electrons. The maximum Gasteiger partial charge on any atom is 0.279 e. The van der Waals surface area contributed by atoms with Gasteiger partial charge in [-0.3, -0.25) is 9.59 Å². The van der Waals surface area contributed by atoms with E-state index in [0.717, 1.165) is 27.3 Å². The molecule has 0 spiro atoms. The van der Waals surface area contributed by atoms with Gasteiger partial charge in [-0.1, -0.05) is 24.3 Å². The van der Waals surface area contributed by atoms with Crippen LogP contribution in [0.15, 0.2) is 42.5 Å². The van der Waals surface area contributed by atoms with E-state index in [2.05, 4.69) is 16.7 Å². The Morgan fingerprint density at radius 3 is 2.26 bits per heavy atom. The molecular weight excluding hydrogens is 340 g/mol. The quantitative estimate of drug-likeness (QED) is 0.694. The van der Waals surface area contributed by atoms with Crippen molar-refractivity contribution in [1.29, 1.82) is 5.26 Å². The van der Waals surface area contributed by atoms with Gasteiger partial charge in [0, 0.05) is 11.4 Å². The Morgan fingerprint density at radius 2 is 1.63 bits per heavy atom. The van der Waals surface area contributed by atoms with Crippen LogP contribution in [0.1, 0.15) is 16.7 Å². The van der Waals surface area contributed by atoms with Gasteiger partial charge in [0.05, 0.1) is 19.5 Å². The molecule has 27 heavy (non-hydrogen) atoms. The van der Waals surface area contributed by atoms with Gasteiger partial charge < -0.3 is 15.5 Å². The minimum atomic E-state index is -0.167. The lowest BCUT2D eigenvalue weighted by Gasteiger charge is -2.15. The van der Waals surface area contributed by atoms with Gasteiger partial charge in [-0.2, -0.15) is 5.26 Å². The fourth-order valence-corrected chi connectivity index (χ4v) is 2.69. The van der Waals surface area contributed by atoms with Crippen LogP contribution in [-0.4, -0.2) is 32.0 Å². The predicted molar refractivity (Wildman–Crippen MR) is 106 cm³/mol. The lowest BCUT2D eigenvalue weighted by Crippen LogP contribution is -3.11. The van der Waals surface area contributed by atoms with Gasteiger partial charge in [0.1, 0.15) is 0 Å². The van der Waals surface area contributed by atoms with Gasteiger partial charge in [0.25, 0.3) is 11.8 Å². The fraction of sp³-hybridized carbons (Fsp3) is 0.286. The van der Waals surface area contributed by atoms with E-state index in [1.807, 2.05) is 44.2 Å². The van der Waals surface area contributed by atoms with E-state index in [4.69, 9.17) is 5.26 Å². The van der Waals surface area contributed by atoms with Crippen LogP contribution in [0.4, 0.5) is 11.4 Å². The van der Waals surface area contributed by atoms with Crippen molar-refractivity contribution < 1.29 is 14.5 Å². The summed E-state index contributed by atoms with van der Waals surface area (Å²) in [5, 5.41) is 14.4. The third-order valence-corrected chi connectivity index (χ3v) is 4.32. The highest BCUT2D eigenvalue weighted by atomic mass is 16.2. The van der Waals surface area contributed by atoms with Crippen LogP contribution in [0, 0.1) is 25.2 Å². The van der Waals surface area contributed by atoms with Gasteiger partial charge >= 0.3 is 0 Å². The van der Waals surface area contributed by atoms with Crippen LogP contribution in [0.25, 0.3) is 0 Å². The summed E-state index contributed by atoms with van der Waals surface area (Å²) in [5.41, 5.74) is 4.54. The van der Waals surface area contributed by atoms with Crippen molar-refractivity contribution >= 4 is 23.2 Å². The van der Waals surface area contributed by atoms with Gasteiger partial charge in [-0.05, 0) is 48.7 Å². The number of carbonyl (C=O) groups is 2. The fourth-order valence-electron chi connectivity index (χ4n) is 2.69. The van der Waals surface area contributed by atoms with E-state index in [0.29, 0.717) is 12.1 Å². The first-order valence-electron chi connectivity index (χ1n) is 8.82. The lowest BCUT2D eigenvalue weighted by atomic mass is 10.1. The Bertz CT molecular complexity index is 853. The number of hydrogen-bond acceptors (Lipinski definition) is 3. The van der Waals surface area contributed by atoms with Crippen molar-refractivity contribution in [2.24, 2.45) is 0 Å². The molecule has 6 heteroatoms. The van der Waals surface area contributed by atoms with Gasteiger partial charge in [-0.15, -0.1) is 0 Å². The second-order valence-electron chi connectivity index (χ2n) is 6.69. The lowest BCUT2D eigenvalue weighted by molar-refractivity contribution is -0.862. The number of benzene rings is 2. The summed E-state index contributed by atoms with van der Waals surface area (Å²) in [6.07, 6.45) is 0.344. The second-order valence-corrected chi connectivity index (χ2v) is 6.69. The summed E-state index contributed by atoms with van der Waals surface area (Å²) in [7, 11) is 1.80. The Hall–Kier alpha value is -3.17. The standard InChI is InChI=1S/C21H24N4O2/c1-15-5-4-6-19(16(15)2)24-21(27)14-25(3)13-20(26)23-18-9-7-17(8-10-18)11-12-22/h4-10H,11,13-14H2,1-3H3,(H,23,26)(H,24,27)/p+1. The summed E-state index contributed by atoms with van der Waals surface area (Å²) < 4.78 is 0. The van der Waals surface area contributed by atoms with Crippen LogP contribution in [0.5, 0.6) is 0 Å². The van der Waals surface area contributed by atoms with Crippen LogP contribution < -0.4 is 15.5 Å². The number of carbonyl (C=O) groups excluding carboxylic acids is 2. The summed E-state index contributed by atoms with van der Waals surface area (Å²) in [6.45, 7) is 4.35. The smallest absolute Gasteiger partial charge is 0.279 e. The van der Waals surface area contributed by atoms with E-state index >= 15 is 0 Å². The normalized spacial score (nSPS) is 11.3. The molecule has 0 saturated carbocycles. The Balaban J connectivity index is 1.82. The summed E-state index contributed by atoms with van der Waals surface area (Å²) in [6, 6.07) is 15.0. The average Bonchev–Trinajstić information content (AvgIpc) is 2.60. The van der Waals surface area contributed by atoms with E-state index < -0.39 is 0 Å². The van der Waals surface area contributed by atoms with E-state index in [-0.39, 0.29) is 24.9 Å². The molecule has 0 aliphatic carbocycles. The first kappa shape index (κ1) is 20.1. The SMILES string of the molecule is Cc1cccc(NC(=O)C[NH+](C)CC(=O)Nc2ccc(CC#N)cc2)c1C. The minimum Gasteiger partial charge on any atom is -0.322 e. The maximum absolute atomic E-state index is 12.2. The molecule has 0 bridgehead atoms. The monoisotopic (exact) mass is 365 g/mol. The minimum absolute atomic E-state index is 0.130. The molecule has 2 aromatic rings. The number of nitrogens with zero attached hydrogens (tertiary/aromatic N) is 1. The molecule has 0 saturated heterocycles.